The van der Waals surface area contributed by atoms with Crippen molar-refractivity contribution in [2.75, 3.05) is 0 Å². The van der Waals surface area contributed by atoms with E-state index in [1.807, 2.05) is 6.08 Å². The first-order valence-corrected chi connectivity index (χ1v) is 8.85. The van der Waals surface area contributed by atoms with Crippen molar-refractivity contribution in [3.63, 3.8) is 0 Å². The lowest BCUT2D eigenvalue weighted by molar-refractivity contribution is -0.105. The molecule has 1 fully saturated rings. The summed E-state index contributed by atoms with van der Waals surface area (Å²) in [5, 5.41) is 20.8. The minimum Gasteiger partial charge on any atom is -0.392 e. The van der Waals surface area contributed by atoms with Crippen LogP contribution in [0.5, 0.6) is 0 Å². The molecule has 0 aliphatic heterocycles. The van der Waals surface area contributed by atoms with E-state index in [1.165, 1.54) is 11.1 Å². The first kappa shape index (κ1) is 16.5. The number of carbonyl (C=O) groups excluding carboxylic acids is 1. The Bertz CT molecular complexity index is 624. The molecule has 4 atom stereocenters. The molecule has 1 unspecified atom stereocenters. The molecule has 0 spiro atoms. The van der Waals surface area contributed by atoms with Gasteiger partial charge in [-0.3, -0.25) is 4.79 Å². The predicted octanol–water partition coefficient (Wildman–Crippen LogP) is 3.94. The largest absolute Gasteiger partial charge is 0.392 e. The molecule has 3 nitrogen and oxygen atoms in total. The maximum atomic E-state index is 11.2. The van der Waals surface area contributed by atoms with Crippen molar-refractivity contribution in [2.45, 2.75) is 65.4 Å². The van der Waals surface area contributed by atoms with Gasteiger partial charge in [-0.1, -0.05) is 32.4 Å². The highest BCUT2D eigenvalue weighted by atomic mass is 16.3. The third kappa shape index (κ3) is 2.31. The zero-order valence-corrected chi connectivity index (χ0v) is 14.4. The molecule has 3 rings (SSSR count). The molecule has 3 aliphatic carbocycles. The average Bonchev–Trinajstić information content (AvgIpc) is 2.87. The van der Waals surface area contributed by atoms with Crippen molar-refractivity contribution in [3.8, 4) is 6.07 Å². The van der Waals surface area contributed by atoms with Gasteiger partial charge in [-0.2, -0.15) is 5.26 Å². The number of nitriles is 1. The summed E-state index contributed by atoms with van der Waals surface area (Å²) in [6, 6.07) is 2.65. The molecule has 0 aromatic rings. The summed E-state index contributed by atoms with van der Waals surface area (Å²) in [6.45, 7) is 6.58. The Kier molecular flexibility index (Phi) is 4.01. The van der Waals surface area contributed by atoms with E-state index >= 15 is 0 Å². The highest BCUT2D eigenvalue weighted by molar-refractivity contribution is 5.73. The maximum Gasteiger partial charge on any atom is 0.145 e. The minimum atomic E-state index is -0.510. The molecule has 1 saturated carbocycles. The lowest BCUT2D eigenvalue weighted by atomic mass is 9.54. The quantitative estimate of drug-likeness (QED) is 0.620. The Morgan fingerprint density at radius 2 is 2.13 bits per heavy atom. The van der Waals surface area contributed by atoms with Crippen LogP contribution in [0.3, 0.4) is 0 Å². The Morgan fingerprint density at radius 3 is 2.74 bits per heavy atom. The molecule has 124 valence electrons. The molecular weight excluding hydrogens is 286 g/mol. The molecular formula is C20H27NO2. The monoisotopic (exact) mass is 313 g/mol. The molecule has 0 heterocycles. The van der Waals surface area contributed by atoms with E-state index < -0.39 is 6.10 Å². The van der Waals surface area contributed by atoms with Crippen LogP contribution in [-0.4, -0.2) is 17.5 Å². The Labute approximate surface area is 139 Å². The summed E-state index contributed by atoms with van der Waals surface area (Å²) >= 11 is 0. The van der Waals surface area contributed by atoms with Gasteiger partial charge in [0.05, 0.1) is 17.6 Å². The number of hydrogen-bond acceptors (Lipinski definition) is 3. The molecule has 1 N–H and O–H groups in total. The number of carbonyl (C=O) groups is 1. The van der Waals surface area contributed by atoms with Crippen LogP contribution in [0, 0.1) is 34.0 Å². The third-order valence-electron chi connectivity index (χ3n) is 6.79. The number of aliphatic hydroxyl groups is 1. The summed E-state index contributed by atoms with van der Waals surface area (Å²) in [5.41, 5.74) is 2.88. The molecule has 0 aromatic carbocycles. The predicted molar refractivity (Wildman–Crippen MR) is 89.4 cm³/mol. The number of hydrogen-bond donors (Lipinski definition) is 1. The Morgan fingerprint density at radius 1 is 1.39 bits per heavy atom. The number of aldehydes is 1. The van der Waals surface area contributed by atoms with Crippen LogP contribution < -0.4 is 0 Å². The van der Waals surface area contributed by atoms with Crippen molar-refractivity contribution < 1.29 is 9.90 Å². The van der Waals surface area contributed by atoms with Crippen LogP contribution in [0.1, 0.15) is 59.3 Å². The molecule has 3 aliphatic rings. The van der Waals surface area contributed by atoms with Gasteiger partial charge in [-0.05, 0) is 55.1 Å². The summed E-state index contributed by atoms with van der Waals surface area (Å²) in [4.78, 5) is 11.2. The van der Waals surface area contributed by atoms with Crippen LogP contribution in [0.4, 0.5) is 0 Å². The van der Waals surface area contributed by atoms with E-state index in [-0.39, 0.29) is 16.7 Å². The normalized spacial score (nSPS) is 40.1. The van der Waals surface area contributed by atoms with Gasteiger partial charge >= 0.3 is 0 Å². The summed E-state index contributed by atoms with van der Waals surface area (Å²) in [6.07, 6.45) is 7.24. The lowest BCUT2D eigenvalue weighted by Crippen LogP contribution is -2.47. The number of fused-ring (bicyclic) bond motifs is 3. The average molecular weight is 313 g/mol. The van der Waals surface area contributed by atoms with E-state index in [0.29, 0.717) is 17.9 Å². The molecule has 0 amide bonds. The second kappa shape index (κ2) is 5.60. The van der Waals surface area contributed by atoms with Crippen LogP contribution in [0.15, 0.2) is 22.8 Å². The van der Waals surface area contributed by atoms with Crippen molar-refractivity contribution in [3.05, 3.63) is 22.8 Å². The SMILES string of the molecule is CC(C)C1=C2[C@H]3CC=C(C=O)CC(O)[C@]3(C)CC[C@@]2(C#N)CC1. The number of aliphatic hydroxyl groups excluding tert-OH is 1. The van der Waals surface area contributed by atoms with E-state index in [4.69, 9.17) is 0 Å². The number of nitrogens with zero attached hydrogens (tertiary/aromatic N) is 1. The standard InChI is InChI=1S/C20H27NO2/c1-13(2)15-6-7-20(12-21)9-8-19(3)16(18(15)20)5-4-14(11-22)10-17(19)23/h4,11,13,16-17,23H,5-10H2,1-3H3/t16-,17?,19-,20-/m1/s1. The summed E-state index contributed by atoms with van der Waals surface area (Å²) in [5.74, 6) is 0.626. The number of rotatable bonds is 2. The first-order valence-electron chi connectivity index (χ1n) is 8.85. The van der Waals surface area contributed by atoms with Gasteiger partial charge in [-0.25, -0.2) is 0 Å². The van der Waals surface area contributed by atoms with Crippen molar-refractivity contribution in [1.29, 1.82) is 5.26 Å². The number of allylic oxidation sites excluding steroid dienone is 3. The van der Waals surface area contributed by atoms with E-state index in [9.17, 15) is 15.2 Å². The second-order valence-electron chi connectivity index (χ2n) is 8.20. The molecule has 0 saturated heterocycles. The van der Waals surface area contributed by atoms with E-state index in [1.54, 1.807) is 0 Å². The van der Waals surface area contributed by atoms with Crippen LogP contribution in [0.25, 0.3) is 0 Å². The fourth-order valence-corrected chi connectivity index (χ4v) is 5.19. The minimum absolute atomic E-state index is 0.184. The topological polar surface area (TPSA) is 61.1 Å². The zero-order valence-electron chi connectivity index (χ0n) is 14.4. The Balaban J connectivity index is 2.15. The lowest BCUT2D eigenvalue weighted by Gasteiger charge is -2.50. The van der Waals surface area contributed by atoms with Crippen LogP contribution >= 0.6 is 0 Å². The van der Waals surface area contributed by atoms with Gasteiger partial charge in [0, 0.05) is 11.8 Å². The molecule has 0 bridgehead atoms. The third-order valence-corrected chi connectivity index (χ3v) is 6.79. The zero-order chi connectivity index (χ0) is 16.8. The maximum absolute atomic E-state index is 11.2. The van der Waals surface area contributed by atoms with Crippen molar-refractivity contribution >= 4 is 6.29 Å². The molecule has 0 aromatic heterocycles. The highest BCUT2D eigenvalue weighted by Crippen LogP contribution is 2.62. The van der Waals surface area contributed by atoms with Crippen LogP contribution in [-0.2, 0) is 4.79 Å². The van der Waals surface area contributed by atoms with Crippen molar-refractivity contribution in [2.24, 2.45) is 22.7 Å². The fourth-order valence-electron chi connectivity index (χ4n) is 5.19. The van der Waals surface area contributed by atoms with Gasteiger partial charge in [0.15, 0.2) is 0 Å². The fraction of sp³-hybridized carbons (Fsp3) is 0.700. The molecule has 0 radical (unpaired) electrons. The smallest absolute Gasteiger partial charge is 0.145 e. The Hall–Kier alpha value is -1.40. The van der Waals surface area contributed by atoms with Crippen LogP contribution in [0.2, 0.25) is 0 Å². The molecule has 23 heavy (non-hydrogen) atoms. The second-order valence-corrected chi connectivity index (χ2v) is 8.20. The van der Waals surface area contributed by atoms with Gasteiger partial charge in [0.1, 0.15) is 6.29 Å². The molecule has 3 heteroatoms. The summed E-state index contributed by atoms with van der Waals surface area (Å²) in [7, 11) is 0. The van der Waals surface area contributed by atoms with E-state index in [2.05, 4.69) is 26.8 Å². The first-order chi connectivity index (χ1) is 10.9. The highest BCUT2D eigenvalue weighted by Gasteiger charge is 2.56. The summed E-state index contributed by atoms with van der Waals surface area (Å²) < 4.78 is 0. The van der Waals surface area contributed by atoms with Crippen molar-refractivity contribution in [1.82, 2.24) is 0 Å². The van der Waals surface area contributed by atoms with Gasteiger partial charge < -0.3 is 5.11 Å². The van der Waals surface area contributed by atoms with E-state index in [0.717, 1.165) is 38.4 Å². The van der Waals surface area contributed by atoms with Gasteiger partial charge in [0.25, 0.3) is 0 Å². The van der Waals surface area contributed by atoms with Gasteiger partial charge in [0.2, 0.25) is 0 Å². The van der Waals surface area contributed by atoms with Gasteiger partial charge in [-0.15, -0.1) is 0 Å².